The van der Waals surface area contributed by atoms with Gasteiger partial charge < -0.3 is 15.3 Å². The third-order valence-corrected chi connectivity index (χ3v) is 2.23. The molecule has 1 heterocycles. The highest BCUT2D eigenvalue weighted by Gasteiger charge is 2.07. The summed E-state index contributed by atoms with van der Waals surface area (Å²) in [6, 6.07) is 3.21. The van der Waals surface area contributed by atoms with Crippen LogP contribution in [-0.4, -0.2) is 41.2 Å². The number of likely N-dealkylation sites (N-methyl/N-ethyl adjacent to an activating group) is 1. The Balaban J connectivity index is 2.54. The number of hydrogen-bond acceptors (Lipinski definition) is 3. The number of carbonyl (C=O) groups is 1. The number of carbonyl (C=O) groups excluding carboxylic acids is 1. The number of amides is 2. The molecule has 6 heteroatoms. The van der Waals surface area contributed by atoms with E-state index in [4.69, 9.17) is 5.11 Å². The number of nitrogens with one attached hydrogen (secondary N) is 1. The van der Waals surface area contributed by atoms with Crippen LogP contribution in [0.25, 0.3) is 0 Å². The van der Waals surface area contributed by atoms with Crippen molar-refractivity contribution in [2.24, 2.45) is 0 Å². The standard InChI is InChI=1S/C9H12BrN3O2/c1-13(4-5-14)9(15)12-7-2-3-8(10)11-6-7/h2-3,6,14H,4-5H2,1H3,(H,12,15). The van der Waals surface area contributed by atoms with Gasteiger partial charge >= 0.3 is 6.03 Å². The molecule has 82 valence electrons. The number of aliphatic hydroxyl groups is 1. The second kappa shape index (κ2) is 5.67. The van der Waals surface area contributed by atoms with Crippen molar-refractivity contribution in [2.75, 3.05) is 25.5 Å². The van der Waals surface area contributed by atoms with Crippen molar-refractivity contribution >= 4 is 27.6 Å². The maximum atomic E-state index is 11.5. The molecule has 0 unspecified atom stereocenters. The summed E-state index contributed by atoms with van der Waals surface area (Å²) in [6.07, 6.45) is 1.55. The number of aromatic nitrogens is 1. The molecule has 1 aromatic heterocycles. The Kier molecular flexibility index (Phi) is 4.51. The van der Waals surface area contributed by atoms with E-state index in [1.54, 1.807) is 25.4 Å². The summed E-state index contributed by atoms with van der Waals surface area (Å²) in [4.78, 5) is 16.8. The zero-order chi connectivity index (χ0) is 11.3. The van der Waals surface area contributed by atoms with Crippen molar-refractivity contribution in [1.82, 2.24) is 9.88 Å². The summed E-state index contributed by atoms with van der Waals surface area (Å²) in [5.74, 6) is 0. The number of urea groups is 1. The molecule has 0 atom stereocenters. The molecule has 15 heavy (non-hydrogen) atoms. The fourth-order valence-corrected chi connectivity index (χ4v) is 1.15. The molecule has 0 aliphatic rings. The molecule has 2 amide bonds. The molecule has 0 spiro atoms. The predicted molar refractivity (Wildman–Crippen MR) is 60.7 cm³/mol. The average molecular weight is 274 g/mol. The van der Waals surface area contributed by atoms with Crippen molar-refractivity contribution in [3.05, 3.63) is 22.9 Å². The van der Waals surface area contributed by atoms with E-state index in [-0.39, 0.29) is 12.6 Å². The van der Waals surface area contributed by atoms with Crippen LogP contribution in [0, 0.1) is 0 Å². The van der Waals surface area contributed by atoms with Crippen molar-refractivity contribution in [1.29, 1.82) is 0 Å². The highest BCUT2D eigenvalue weighted by molar-refractivity contribution is 9.10. The number of hydrogen-bond donors (Lipinski definition) is 2. The van der Waals surface area contributed by atoms with Gasteiger partial charge in [0.15, 0.2) is 0 Å². The van der Waals surface area contributed by atoms with Gasteiger partial charge in [-0.2, -0.15) is 0 Å². The van der Waals surface area contributed by atoms with E-state index < -0.39 is 0 Å². The average Bonchev–Trinajstić information content (AvgIpc) is 2.22. The van der Waals surface area contributed by atoms with E-state index >= 15 is 0 Å². The molecule has 0 fully saturated rings. The highest BCUT2D eigenvalue weighted by Crippen LogP contribution is 2.10. The second-order valence-corrected chi connectivity index (χ2v) is 3.76. The number of halogens is 1. The molecule has 0 aliphatic heterocycles. The maximum Gasteiger partial charge on any atom is 0.321 e. The second-order valence-electron chi connectivity index (χ2n) is 2.94. The largest absolute Gasteiger partial charge is 0.395 e. The first-order valence-corrected chi connectivity index (χ1v) is 5.17. The smallest absolute Gasteiger partial charge is 0.321 e. The topological polar surface area (TPSA) is 65.5 Å². The fourth-order valence-electron chi connectivity index (χ4n) is 0.920. The first kappa shape index (κ1) is 11.9. The minimum atomic E-state index is -0.270. The summed E-state index contributed by atoms with van der Waals surface area (Å²) in [5, 5.41) is 11.3. The van der Waals surface area contributed by atoms with E-state index in [0.717, 1.165) is 0 Å². The van der Waals surface area contributed by atoms with Crippen molar-refractivity contribution in [3.8, 4) is 0 Å². The van der Waals surface area contributed by atoms with Crippen LogP contribution in [0.15, 0.2) is 22.9 Å². The molecule has 5 nitrogen and oxygen atoms in total. The minimum Gasteiger partial charge on any atom is -0.395 e. The zero-order valence-corrected chi connectivity index (χ0v) is 9.86. The summed E-state index contributed by atoms with van der Waals surface area (Å²) in [5.41, 5.74) is 0.619. The maximum absolute atomic E-state index is 11.5. The Hall–Kier alpha value is -1.14. The van der Waals surface area contributed by atoms with E-state index in [2.05, 4.69) is 26.2 Å². The fraction of sp³-hybridized carbons (Fsp3) is 0.333. The summed E-state index contributed by atoms with van der Waals surface area (Å²) < 4.78 is 0.712. The van der Waals surface area contributed by atoms with Crippen LogP contribution in [0.4, 0.5) is 10.5 Å². The van der Waals surface area contributed by atoms with Gasteiger partial charge in [0.2, 0.25) is 0 Å². The molecule has 0 radical (unpaired) electrons. The SMILES string of the molecule is CN(CCO)C(=O)Nc1ccc(Br)nc1. The Morgan fingerprint density at radius 2 is 2.40 bits per heavy atom. The molecule has 0 saturated carbocycles. The van der Waals surface area contributed by atoms with Crippen LogP contribution < -0.4 is 5.32 Å². The lowest BCUT2D eigenvalue weighted by molar-refractivity contribution is 0.202. The zero-order valence-electron chi connectivity index (χ0n) is 8.27. The normalized spacial score (nSPS) is 9.80. The highest BCUT2D eigenvalue weighted by atomic mass is 79.9. The summed E-state index contributed by atoms with van der Waals surface area (Å²) in [6.45, 7) is 0.248. The third-order valence-electron chi connectivity index (χ3n) is 1.76. The van der Waals surface area contributed by atoms with Crippen LogP contribution >= 0.6 is 15.9 Å². The van der Waals surface area contributed by atoms with Crippen LogP contribution in [0.1, 0.15) is 0 Å². The summed E-state index contributed by atoms with van der Waals surface area (Å²) >= 11 is 3.20. The molecular formula is C9H12BrN3O2. The Labute approximate surface area is 96.2 Å². The van der Waals surface area contributed by atoms with Gasteiger partial charge in [0.25, 0.3) is 0 Å². The lowest BCUT2D eigenvalue weighted by atomic mass is 10.4. The van der Waals surface area contributed by atoms with Gasteiger partial charge in [-0.25, -0.2) is 9.78 Å². The van der Waals surface area contributed by atoms with Gasteiger partial charge in [0.05, 0.1) is 18.5 Å². The monoisotopic (exact) mass is 273 g/mol. The number of nitrogens with zero attached hydrogens (tertiary/aromatic N) is 2. The lowest BCUT2D eigenvalue weighted by Gasteiger charge is -2.16. The predicted octanol–water partition coefficient (Wildman–Crippen LogP) is 1.30. The van der Waals surface area contributed by atoms with Gasteiger partial charge in [-0.3, -0.25) is 0 Å². The van der Waals surface area contributed by atoms with E-state index in [0.29, 0.717) is 16.8 Å². The van der Waals surface area contributed by atoms with Crippen LogP contribution in [0.5, 0.6) is 0 Å². The number of rotatable bonds is 3. The van der Waals surface area contributed by atoms with E-state index in [1.165, 1.54) is 4.90 Å². The van der Waals surface area contributed by atoms with Crippen LogP contribution in [0.2, 0.25) is 0 Å². The van der Waals surface area contributed by atoms with Gasteiger partial charge in [0.1, 0.15) is 4.60 Å². The molecule has 0 aromatic carbocycles. The molecule has 0 saturated heterocycles. The van der Waals surface area contributed by atoms with E-state index in [9.17, 15) is 4.79 Å². The van der Waals surface area contributed by atoms with E-state index in [1.807, 2.05) is 0 Å². The van der Waals surface area contributed by atoms with Crippen molar-refractivity contribution in [3.63, 3.8) is 0 Å². The first-order valence-electron chi connectivity index (χ1n) is 4.38. The molecule has 1 rings (SSSR count). The Bertz CT molecular complexity index is 329. The van der Waals surface area contributed by atoms with Gasteiger partial charge in [-0.1, -0.05) is 0 Å². The number of pyridine rings is 1. The number of anilines is 1. The first-order chi connectivity index (χ1) is 7.13. The molecular weight excluding hydrogens is 262 g/mol. The van der Waals surface area contributed by atoms with Crippen molar-refractivity contribution < 1.29 is 9.90 Å². The van der Waals surface area contributed by atoms with Crippen molar-refractivity contribution in [2.45, 2.75) is 0 Å². The Morgan fingerprint density at radius 1 is 1.67 bits per heavy atom. The van der Waals surface area contributed by atoms with Gasteiger partial charge in [-0.15, -0.1) is 0 Å². The van der Waals surface area contributed by atoms with Gasteiger partial charge in [-0.05, 0) is 28.1 Å². The molecule has 0 bridgehead atoms. The number of aliphatic hydroxyl groups excluding tert-OH is 1. The third kappa shape index (κ3) is 3.85. The molecule has 2 N–H and O–H groups in total. The molecule has 0 aliphatic carbocycles. The summed E-state index contributed by atoms with van der Waals surface area (Å²) in [7, 11) is 1.61. The Morgan fingerprint density at radius 3 is 2.93 bits per heavy atom. The molecule has 1 aromatic rings. The van der Waals surface area contributed by atoms with Gasteiger partial charge in [0, 0.05) is 13.6 Å². The van der Waals surface area contributed by atoms with Crippen LogP contribution in [0.3, 0.4) is 0 Å². The van der Waals surface area contributed by atoms with Crippen LogP contribution in [-0.2, 0) is 0 Å². The quantitative estimate of drug-likeness (QED) is 0.816. The lowest BCUT2D eigenvalue weighted by Crippen LogP contribution is -2.33. The minimum absolute atomic E-state index is 0.0531.